The van der Waals surface area contributed by atoms with Gasteiger partial charge in [0, 0.05) is 17.3 Å². The highest BCUT2D eigenvalue weighted by Crippen LogP contribution is 2.35. The summed E-state index contributed by atoms with van der Waals surface area (Å²) in [5.74, 6) is 0.836. The van der Waals surface area contributed by atoms with Crippen LogP contribution in [0.25, 0.3) is 11.1 Å². The first-order valence-electron chi connectivity index (χ1n) is 11.4. The SMILES string of the molecule is COc1ccc(/C(=C(/CCNC(=S)Nc2ccc(Cl)cc2)c2ccccc2)c2ccccc2)cc1. The molecule has 5 heteroatoms. The molecule has 0 aliphatic rings. The maximum atomic E-state index is 5.98. The summed E-state index contributed by atoms with van der Waals surface area (Å²) < 4.78 is 5.39. The second-order valence-corrected chi connectivity index (χ2v) is 8.80. The van der Waals surface area contributed by atoms with Gasteiger partial charge in [-0.1, -0.05) is 84.4 Å². The number of rotatable bonds is 8. The molecule has 0 atom stereocenters. The number of methoxy groups -OCH3 is 1. The van der Waals surface area contributed by atoms with Crippen LogP contribution in [0.15, 0.2) is 109 Å². The molecule has 2 N–H and O–H groups in total. The number of thiocarbonyl (C=S) groups is 1. The Morgan fingerprint density at radius 1 is 0.743 bits per heavy atom. The van der Waals surface area contributed by atoms with Crippen LogP contribution in [0.2, 0.25) is 5.02 Å². The molecule has 0 saturated heterocycles. The van der Waals surface area contributed by atoms with Crippen LogP contribution in [0.3, 0.4) is 0 Å². The van der Waals surface area contributed by atoms with Gasteiger partial charge in [0.05, 0.1) is 7.11 Å². The average Bonchev–Trinajstić information content (AvgIpc) is 2.91. The molecule has 0 saturated carbocycles. The van der Waals surface area contributed by atoms with Crippen LogP contribution in [-0.4, -0.2) is 18.8 Å². The van der Waals surface area contributed by atoms with Crippen LogP contribution >= 0.6 is 23.8 Å². The third-order valence-corrected chi connectivity index (χ3v) is 6.13. The summed E-state index contributed by atoms with van der Waals surface area (Å²) in [5.41, 5.74) is 6.81. The fourth-order valence-corrected chi connectivity index (χ4v) is 4.29. The van der Waals surface area contributed by atoms with Crippen molar-refractivity contribution in [2.75, 3.05) is 19.0 Å². The Kier molecular flexibility index (Phi) is 8.55. The summed E-state index contributed by atoms with van der Waals surface area (Å²) in [7, 11) is 1.69. The smallest absolute Gasteiger partial charge is 0.170 e. The molecule has 4 aromatic rings. The van der Waals surface area contributed by atoms with Gasteiger partial charge in [-0.2, -0.15) is 0 Å². The molecule has 0 heterocycles. The maximum Gasteiger partial charge on any atom is 0.170 e. The van der Waals surface area contributed by atoms with E-state index in [1.807, 2.05) is 48.5 Å². The zero-order valence-electron chi connectivity index (χ0n) is 19.5. The van der Waals surface area contributed by atoms with Gasteiger partial charge in [0.25, 0.3) is 0 Å². The molecule has 0 aromatic heterocycles. The van der Waals surface area contributed by atoms with Gasteiger partial charge in [0.2, 0.25) is 0 Å². The van der Waals surface area contributed by atoms with Crippen LogP contribution in [0.1, 0.15) is 23.1 Å². The lowest BCUT2D eigenvalue weighted by atomic mass is 9.88. The van der Waals surface area contributed by atoms with E-state index in [0.29, 0.717) is 16.7 Å². The zero-order valence-corrected chi connectivity index (χ0v) is 21.1. The monoisotopic (exact) mass is 498 g/mol. The third kappa shape index (κ3) is 6.72. The van der Waals surface area contributed by atoms with Crippen molar-refractivity contribution >= 4 is 45.8 Å². The maximum absolute atomic E-state index is 5.98. The Labute approximate surface area is 217 Å². The van der Waals surface area contributed by atoms with Crippen molar-refractivity contribution in [3.05, 3.63) is 131 Å². The van der Waals surface area contributed by atoms with Crippen LogP contribution in [0.5, 0.6) is 5.75 Å². The Morgan fingerprint density at radius 3 is 1.91 bits per heavy atom. The Bertz CT molecular complexity index is 1270. The summed E-state index contributed by atoms with van der Waals surface area (Å²) in [6, 6.07) is 36.7. The summed E-state index contributed by atoms with van der Waals surface area (Å²) in [4.78, 5) is 0. The third-order valence-electron chi connectivity index (χ3n) is 5.63. The van der Waals surface area contributed by atoms with Crippen molar-refractivity contribution in [1.29, 1.82) is 0 Å². The summed E-state index contributed by atoms with van der Waals surface area (Å²) >= 11 is 11.5. The van der Waals surface area contributed by atoms with E-state index in [1.165, 1.54) is 22.3 Å². The standard InChI is InChI=1S/C30H27ClN2OS/c1-34-27-18-12-24(13-19-27)29(23-10-6-3-7-11-23)28(22-8-4-2-5-9-22)20-21-32-30(35)33-26-16-14-25(31)15-17-26/h2-19H,20-21H2,1H3,(H2,32,33,35)/b29-28-. The molecule has 0 bridgehead atoms. The molecule has 0 aliphatic heterocycles. The quantitative estimate of drug-likeness (QED) is 0.193. The van der Waals surface area contributed by atoms with E-state index in [2.05, 4.69) is 71.3 Å². The second kappa shape index (κ2) is 12.2. The van der Waals surface area contributed by atoms with Gasteiger partial charge in [-0.15, -0.1) is 0 Å². The van der Waals surface area contributed by atoms with Crippen LogP contribution in [0.4, 0.5) is 5.69 Å². The van der Waals surface area contributed by atoms with Gasteiger partial charge >= 0.3 is 0 Å². The van der Waals surface area contributed by atoms with Gasteiger partial charge in [-0.05, 0) is 82.9 Å². The van der Waals surface area contributed by atoms with E-state index < -0.39 is 0 Å². The first-order chi connectivity index (χ1) is 17.1. The number of benzene rings is 4. The van der Waals surface area contributed by atoms with Crippen molar-refractivity contribution in [3.63, 3.8) is 0 Å². The molecule has 0 spiro atoms. The fourth-order valence-electron chi connectivity index (χ4n) is 3.94. The number of ether oxygens (including phenoxy) is 1. The molecule has 0 fully saturated rings. The van der Waals surface area contributed by atoms with Crippen molar-refractivity contribution in [3.8, 4) is 5.75 Å². The molecule has 35 heavy (non-hydrogen) atoms. The van der Waals surface area contributed by atoms with Gasteiger partial charge in [-0.3, -0.25) is 0 Å². The average molecular weight is 499 g/mol. The zero-order chi connectivity index (χ0) is 24.5. The fraction of sp³-hybridized carbons (Fsp3) is 0.100. The molecule has 4 rings (SSSR count). The Hall–Kier alpha value is -3.60. The molecule has 3 nitrogen and oxygen atoms in total. The topological polar surface area (TPSA) is 33.3 Å². The van der Waals surface area contributed by atoms with Gasteiger partial charge in [0.15, 0.2) is 5.11 Å². The Balaban J connectivity index is 1.65. The van der Waals surface area contributed by atoms with Crippen molar-refractivity contribution in [2.45, 2.75) is 6.42 Å². The summed E-state index contributed by atoms with van der Waals surface area (Å²) in [5, 5.41) is 7.84. The lowest BCUT2D eigenvalue weighted by Gasteiger charge is -2.19. The van der Waals surface area contributed by atoms with Crippen LogP contribution < -0.4 is 15.4 Å². The summed E-state index contributed by atoms with van der Waals surface area (Å²) in [6.45, 7) is 0.677. The molecular formula is C30H27ClN2OS. The van der Waals surface area contributed by atoms with Gasteiger partial charge in [0.1, 0.15) is 5.75 Å². The Morgan fingerprint density at radius 2 is 1.31 bits per heavy atom. The van der Waals surface area contributed by atoms with Crippen molar-refractivity contribution < 1.29 is 4.74 Å². The molecule has 4 aromatic carbocycles. The van der Waals surface area contributed by atoms with Crippen LogP contribution in [0, 0.1) is 0 Å². The van der Waals surface area contributed by atoms with E-state index in [4.69, 9.17) is 28.6 Å². The highest BCUT2D eigenvalue weighted by molar-refractivity contribution is 7.80. The number of hydrogen-bond donors (Lipinski definition) is 2. The molecule has 0 radical (unpaired) electrons. The van der Waals surface area contributed by atoms with E-state index in [9.17, 15) is 0 Å². The number of hydrogen-bond acceptors (Lipinski definition) is 2. The highest BCUT2D eigenvalue weighted by atomic mass is 35.5. The minimum absolute atomic E-state index is 0.574. The number of anilines is 1. The van der Waals surface area contributed by atoms with E-state index in [-0.39, 0.29) is 0 Å². The summed E-state index contributed by atoms with van der Waals surface area (Å²) in [6.07, 6.45) is 0.780. The molecule has 0 unspecified atom stereocenters. The van der Waals surface area contributed by atoms with Crippen molar-refractivity contribution in [2.24, 2.45) is 0 Å². The lowest BCUT2D eigenvalue weighted by molar-refractivity contribution is 0.415. The first-order valence-corrected chi connectivity index (χ1v) is 12.2. The normalized spacial score (nSPS) is 11.4. The minimum Gasteiger partial charge on any atom is -0.497 e. The van der Waals surface area contributed by atoms with Crippen molar-refractivity contribution in [1.82, 2.24) is 5.32 Å². The van der Waals surface area contributed by atoms with E-state index in [1.54, 1.807) is 7.11 Å². The molecular weight excluding hydrogens is 472 g/mol. The lowest BCUT2D eigenvalue weighted by Crippen LogP contribution is -2.29. The highest BCUT2D eigenvalue weighted by Gasteiger charge is 2.14. The van der Waals surface area contributed by atoms with Gasteiger partial charge < -0.3 is 15.4 Å². The molecule has 0 amide bonds. The van der Waals surface area contributed by atoms with Crippen LogP contribution in [-0.2, 0) is 0 Å². The number of halogens is 1. The second-order valence-electron chi connectivity index (χ2n) is 7.95. The van der Waals surface area contributed by atoms with Gasteiger partial charge in [-0.25, -0.2) is 0 Å². The molecule has 176 valence electrons. The van der Waals surface area contributed by atoms with E-state index >= 15 is 0 Å². The number of nitrogens with one attached hydrogen (secondary N) is 2. The predicted molar refractivity (Wildman–Crippen MR) is 152 cm³/mol. The predicted octanol–water partition coefficient (Wildman–Crippen LogP) is 7.68. The molecule has 0 aliphatic carbocycles. The van der Waals surface area contributed by atoms with E-state index in [0.717, 1.165) is 23.4 Å². The minimum atomic E-state index is 0.574. The first kappa shape index (κ1) is 24.5. The largest absolute Gasteiger partial charge is 0.497 e.